The molecule has 4 aromatic rings. The lowest BCUT2D eigenvalue weighted by Gasteiger charge is -2.21. The Morgan fingerprint density at radius 1 is 0.800 bits per heavy atom. The van der Waals surface area contributed by atoms with Crippen molar-refractivity contribution in [1.29, 1.82) is 0 Å². The van der Waals surface area contributed by atoms with Crippen LogP contribution in [0.5, 0.6) is 0 Å². The van der Waals surface area contributed by atoms with E-state index < -0.39 is 28.7 Å². The van der Waals surface area contributed by atoms with E-state index in [4.69, 9.17) is 4.42 Å². The number of nitrogens with zero attached hydrogens (tertiary/aromatic N) is 1. The van der Waals surface area contributed by atoms with E-state index in [2.05, 4.69) is 10.6 Å². The van der Waals surface area contributed by atoms with E-state index in [1.54, 1.807) is 30.3 Å². The fourth-order valence-corrected chi connectivity index (χ4v) is 3.46. The molecule has 1 heterocycles. The molecule has 0 aliphatic rings. The van der Waals surface area contributed by atoms with Crippen molar-refractivity contribution in [1.82, 2.24) is 10.6 Å². The van der Waals surface area contributed by atoms with E-state index in [1.807, 2.05) is 60.7 Å². The van der Waals surface area contributed by atoms with Crippen molar-refractivity contribution < 1.29 is 18.9 Å². The maximum atomic E-state index is 13.4. The standard InChI is InChI=1S/C27H21N3O5/c31-26(21-14-8-3-9-15-21)28-23(18-22-16-17-24(35-22)30(33)34)27(32)29-25(19-10-4-1-5-11-19)20-12-6-2-7-13-20/h1-18,25H,(H,28,31)(H,29,32). The predicted molar refractivity (Wildman–Crippen MR) is 130 cm³/mol. The number of nitrogens with one attached hydrogen (secondary N) is 2. The molecule has 35 heavy (non-hydrogen) atoms. The number of amides is 2. The summed E-state index contributed by atoms with van der Waals surface area (Å²) < 4.78 is 5.18. The van der Waals surface area contributed by atoms with Gasteiger partial charge in [0, 0.05) is 11.6 Å². The molecular formula is C27H21N3O5. The van der Waals surface area contributed by atoms with Gasteiger partial charge in [0.25, 0.3) is 11.8 Å². The average molecular weight is 467 g/mol. The number of carbonyl (C=O) groups excluding carboxylic acids is 2. The molecule has 0 radical (unpaired) electrons. The maximum absolute atomic E-state index is 13.4. The molecule has 0 saturated carbocycles. The Labute approximate surface area is 201 Å². The summed E-state index contributed by atoms with van der Waals surface area (Å²) >= 11 is 0. The molecule has 2 amide bonds. The van der Waals surface area contributed by atoms with Crippen LogP contribution in [-0.2, 0) is 4.79 Å². The lowest BCUT2D eigenvalue weighted by molar-refractivity contribution is -0.402. The van der Waals surface area contributed by atoms with Crippen molar-refractivity contribution in [3.63, 3.8) is 0 Å². The zero-order chi connectivity index (χ0) is 24.6. The lowest BCUT2D eigenvalue weighted by Crippen LogP contribution is -2.37. The number of hydrogen-bond donors (Lipinski definition) is 2. The Kier molecular flexibility index (Phi) is 7.13. The number of furan rings is 1. The molecule has 0 aliphatic carbocycles. The number of rotatable bonds is 8. The zero-order valence-corrected chi connectivity index (χ0v) is 18.5. The van der Waals surface area contributed by atoms with Gasteiger partial charge in [-0.25, -0.2) is 0 Å². The van der Waals surface area contributed by atoms with Gasteiger partial charge in [-0.2, -0.15) is 0 Å². The van der Waals surface area contributed by atoms with Crippen LogP contribution in [0.25, 0.3) is 6.08 Å². The summed E-state index contributed by atoms with van der Waals surface area (Å²) in [6, 6.07) is 29.2. The van der Waals surface area contributed by atoms with Crippen molar-refractivity contribution in [2.75, 3.05) is 0 Å². The second kappa shape index (κ2) is 10.8. The van der Waals surface area contributed by atoms with Crippen molar-refractivity contribution in [2.24, 2.45) is 0 Å². The average Bonchev–Trinajstić information content (AvgIpc) is 3.37. The Morgan fingerprint density at radius 2 is 1.34 bits per heavy atom. The molecule has 0 aliphatic heterocycles. The molecule has 174 valence electrons. The molecule has 0 saturated heterocycles. The summed E-state index contributed by atoms with van der Waals surface area (Å²) in [5, 5.41) is 16.6. The van der Waals surface area contributed by atoms with Gasteiger partial charge in [-0.15, -0.1) is 0 Å². The summed E-state index contributed by atoms with van der Waals surface area (Å²) in [5.41, 5.74) is 1.91. The zero-order valence-electron chi connectivity index (χ0n) is 18.5. The van der Waals surface area contributed by atoms with E-state index in [9.17, 15) is 19.7 Å². The smallest absolute Gasteiger partial charge is 0.401 e. The summed E-state index contributed by atoms with van der Waals surface area (Å²) in [5.74, 6) is -1.53. The largest absolute Gasteiger partial charge is 0.433 e. The number of hydrogen-bond acceptors (Lipinski definition) is 5. The Morgan fingerprint density at radius 3 is 1.86 bits per heavy atom. The van der Waals surface area contributed by atoms with Gasteiger partial charge in [-0.1, -0.05) is 78.9 Å². The molecule has 0 atom stereocenters. The lowest BCUT2D eigenvalue weighted by atomic mass is 9.98. The van der Waals surface area contributed by atoms with Gasteiger partial charge in [0.05, 0.1) is 12.1 Å². The van der Waals surface area contributed by atoms with Crippen LogP contribution in [0.1, 0.15) is 33.3 Å². The highest BCUT2D eigenvalue weighted by Crippen LogP contribution is 2.23. The first kappa shape index (κ1) is 23.2. The van der Waals surface area contributed by atoms with Crippen LogP contribution in [0.2, 0.25) is 0 Å². The van der Waals surface area contributed by atoms with Crippen molar-refractivity contribution in [3.05, 3.63) is 141 Å². The Hall–Kier alpha value is -4.98. The SMILES string of the molecule is O=C(NC(c1ccccc1)c1ccccc1)C(=Cc1ccc([N+](=O)[O-])o1)NC(=O)c1ccccc1. The van der Waals surface area contributed by atoms with Crippen LogP contribution < -0.4 is 10.6 Å². The van der Waals surface area contributed by atoms with E-state index in [-0.39, 0.29) is 11.5 Å². The van der Waals surface area contributed by atoms with Crippen LogP contribution in [0.3, 0.4) is 0 Å². The van der Waals surface area contributed by atoms with Gasteiger partial charge in [0.2, 0.25) is 0 Å². The topological polar surface area (TPSA) is 114 Å². The molecule has 8 heteroatoms. The summed E-state index contributed by atoms with van der Waals surface area (Å²) in [7, 11) is 0. The second-order valence-electron chi connectivity index (χ2n) is 7.54. The normalized spacial score (nSPS) is 11.2. The molecule has 1 aromatic heterocycles. The predicted octanol–water partition coefficient (Wildman–Crippen LogP) is 4.86. The Balaban J connectivity index is 1.68. The third-order valence-corrected chi connectivity index (χ3v) is 5.15. The number of nitro groups is 1. The number of benzene rings is 3. The first-order chi connectivity index (χ1) is 17.0. The van der Waals surface area contributed by atoms with Gasteiger partial charge >= 0.3 is 5.88 Å². The fraction of sp³-hybridized carbons (Fsp3) is 0.0370. The molecule has 0 bridgehead atoms. The summed E-state index contributed by atoms with van der Waals surface area (Å²) in [6.45, 7) is 0. The van der Waals surface area contributed by atoms with E-state index in [0.717, 1.165) is 11.1 Å². The van der Waals surface area contributed by atoms with Crippen LogP contribution in [0.15, 0.2) is 113 Å². The van der Waals surface area contributed by atoms with Gasteiger partial charge in [0.15, 0.2) is 0 Å². The quantitative estimate of drug-likeness (QED) is 0.218. The second-order valence-corrected chi connectivity index (χ2v) is 7.54. The molecule has 4 rings (SSSR count). The van der Waals surface area contributed by atoms with Gasteiger partial charge in [0.1, 0.15) is 16.4 Å². The summed E-state index contributed by atoms with van der Waals surface area (Å²) in [6.07, 6.45) is 1.26. The third-order valence-electron chi connectivity index (χ3n) is 5.15. The maximum Gasteiger partial charge on any atom is 0.433 e. The van der Waals surface area contributed by atoms with Crippen molar-refractivity contribution >= 4 is 23.8 Å². The monoisotopic (exact) mass is 467 g/mol. The molecule has 0 unspecified atom stereocenters. The minimum atomic E-state index is -0.680. The van der Waals surface area contributed by atoms with Crippen molar-refractivity contribution in [3.8, 4) is 0 Å². The molecule has 0 fully saturated rings. The highest BCUT2D eigenvalue weighted by molar-refractivity contribution is 6.05. The minimum Gasteiger partial charge on any atom is -0.401 e. The Bertz CT molecular complexity index is 1310. The highest BCUT2D eigenvalue weighted by atomic mass is 16.6. The van der Waals surface area contributed by atoms with E-state index >= 15 is 0 Å². The summed E-state index contributed by atoms with van der Waals surface area (Å²) in [4.78, 5) is 36.6. The van der Waals surface area contributed by atoms with Gasteiger partial charge in [-0.05, 0) is 29.3 Å². The van der Waals surface area contributed by atoms with Gasteiger partial charge < -0.3 is 15.1 Å². The van der Waals surface area contributed by atoms with Crippen LogP contribution in [0.4, 0.5) is 5.88 Å². The molecule has 2 N–H and O–H groups in total. The first-order valence-electron chi connectivity index (χ1n) is 10.7. The minimum absolute atomic E-state index is 0.0474. The van der Waals surface area contributed by atoms with Crippen molar-refractivity contribution in [2.45, 2.75) is 6.04 Å². The van der Waals surface area contributed by atoms with Gasteiger partial charge in [-0.3, -0.25) is 19.7 Å². The molecule has 8 nitrogen and oxygen atoms in total. The fourth-order valence-electron chi connectivity index (χ4n) is 3.46. The van der Waals surface area contributed by atoms with Crippen LogP contribution in [-0.4, -0.2) is 16.7 Å². The third kappa shape index (κ3) is 5.88. The van der Waals surface area contributed by atoms with E-state index in [0.29, 0.717) is 5.56 Å². The van der Waals surface area contributed by atoms with E-state index in [1.165, 1.54) is 18.2 Å². The molecule has 0 spiro atoms. The first-order valence-corrected chi connectivity index (χ1v) is 10.7. The van der Waals surface area contributed by atoms with Crippen LogP contribution >= 0.6 is 0 Å². The molecule has 3 aromatic carbocycles. The number of carbonyl (C=O) groups is 2. The highest BCUT2D eigenvalue weighted by Gasteiger charge is 2.22. The van der Waals surface area contributed by atoms with Crippen LogP contribution in [0, 0.1) is 10.1 Å². The molecular weight excluding hydrogens is 446 g/mol.